The van der Waals surface area contributed by atoms with Gasteiger partial charge in [0.1, 0.15) is 11.5 Å². The highest BCUT2D eigenvalue weighted by atomic mass is 16.5. The van der Waals surface area contributed by atoms with Gasteiger partial charge in [-0.1, -0.05) is 140 Å². The highest BCUT2D eigenvalue weighted by Gasteiger charge is 2.33. The molecule has 4 nitrogen and oxygen atoms in total. The highest BCUT2D eigenvalue weighted by molar-refractivity contribution is 5.82. The van der Waals surface area contributed by atoms with Gasteiger partial charge in [-0.2, -0.15) is 0 Å². The van der Waals surface area contributed by atoms with E-state index in [9.17, 15) is 9.59 Å². The standard InChI is InChI=1S/C50H64O4/c1-5-9-11-13-17-39-23-33-47(45(35-39)41-25-19-37(15-7-3)20-26-41)53-49(51)43-29-31-44(32-30-43)50(52)54-48-34-24-40(18-14-12-10-6-2)36-46(48)42-27-21-38(16-8-4)22-28-42/h19-28,33-36,43-44H,5-18,29-32H2,1-4H3. The minimum Gasteiger partial charge on any atom is -0.426 e. The number of hydrogen-bond donors (Lipinski definition) is 0. The molecule has 5 rings (SSSR count). The summed E-state index contributed by atoms with van der Waals surface area (Å²) in [5, 5.41) is 0. The van der Waals surface area contributed by atoms with E-state index < -0.39 is 0 Å². The second-order valence-corrected chi connectivity index (χ2v) is 15.6. The Morgan fingerprint density at radius 2 is 0.815 bits per heavy atom. The zero-order chi connectivity index (χ0) is 38.1. The number of benzene rings is 4. The lowest BCUT2D eigenvalue weighted by atomic mass is 9.82. The van der Waals surface area contributed by atoms with Gasteiger partial charge in [-0.25, -0.2) is 0 Å². The van der Waals surface area contributed by atoms with Crippen molar-refractivity contribution in [2.45, 2.75) is 143 Å². The van der Waals surface area contributed by atoms with Crippen molar-refractivity contribution in [1.82, 2.24) is 0 Å². The third-order valence-corrected chi connectivity index (χ3v) is 11.1. The van der Waals surface area contributed by atoms with Crippen molar-refractivity contribution in [3.05, 3.63) is 107 Å². The molecule has 1 aliphatic carbocycles. The van der Waals surface area contributed by atoms with Crippen LogP contribution in [0.25, 0.3) is 22.3 Å². The molecule has 0 atom stereocenters. The van der Waals surface area contributed by atoms with Crippen LogP contribution >= 0.6 is 0 Å². The van der Waals surface area contributed by atoms with Crippen molar-refractivity contribution >= 4 is 11.9 Å². The molecule has 54 heavy (non-hydrogen) atoms. The lowest BCUT2D eigenvalue weighted by Gasteiger charge is -2.26. The fourth-order valence-electron chi connectivity index (χ4n) is 7.83. The Bertz CT molecular complexity index is 1610. The Hall–Kier alpha value is -4.18. The van der Waals surface area contributed by atoms with Crippen molar-refractivity contribution in [3.8, 4) is 33.8 Å². The zero-order valence-electron chi connectivity index (χ0n) is 33.6. The molecule has 0 spiro atoms. The van der Waals surface area contributed by atoms with Crippen LogP contribution in [0.15, 0.2) is 84.9 Å². The topological polar surface area (TPSA) is 52.6 Å². The van der Waals surface area contributed by atoms with Crippen molar-refractivity contribution in [2.75, 3.05) is 0 Å². The lowest BCUT2D eigenvalue weighted by Crippen LogP contribution is -2.30. The van der Waals surface area contributed by atoms with Gasteiger partial charge in [0.05, 0.1) is 11.8 Å². The van der Waals surface area contributed by atoms with E-state index in [4.69, 9.17) is 9.47 Å². The third-order valence-electron chi connectivity index (χ3n) is 11.1. The van der Waals surface area contributed by atoms with Gasteiger partial charge in [-0.15, -0.1) is 0 Å². The Balaban J connectivity index is 1.24. The molecular formula is C50H64O4. The summed E-state index contributed by atoms with van der Waals surface area (Å²) < 4.78 is 12.4. The molecule has 0 aliphatic heterocycles. The summed E-state index contributed by atoms with van der Waals surface area (Å²) in [6, 6.07) is 30.0. The van der Waals surface area contributed by atoms with Crippen LogP contribution in [0.1, 0.15) is 140 Å². The average molecular weight is 729 g/mol. The maximum absolute atomic E-state index is 13.7. The summed E-state index contributed by atoms with van der Waals surface area (Å²) in [5.74, 6) is 0.338. The second-order valence-electron chi connectivity index (χ2n) is 15.6. The summed E-state index contributed by atoms with van der Waals surface area (Å²) in [7, 11) is 0. The number of unbranched alkanes of at least 4 members (excludes halogenated alkanes) is 6. The molecule has 4 aromatic rings. The van der Waals surface area contributed by atoms with Gasteiger partial charge >= 0.3 is 11.9 Å². The molecule has 0 saturated heterocycles. The Morgan fingerprint density at radius 1 is 0.444 bits per heavy atom. The minimum atomic E-state index is -0.244. The van der Waals surface area contributed by atoms with Crippen molar-refractivity contribution < 1.29 is 19.1 Å². The van der Waals surface area contributed by atoms with E-state index in [1.165, 1.54) is 60.8 Å². The summed E-state index contributed by atoms with van der Waals surface area (Å²) in [6.45, 7) is 8.87. The second kappa shape index (κ2) is 21.6. The molecule has 4 aromatic carbocycles. The van der Waals surface area contributed by atoms with Gasteiger partial charge in [-0.3, -0.25) is 9.59 Å². The number of carbonyl (C=O) groups excluding carboxylic acids is 2. The maximum Gasteiger partial charge on any atom is 0.314 e. The van der Waals surface area contributed by atoms with E-state index in [0.29, 0.717) is 37.2 Å². The van der Waals surface area contributed by atoms with Crippen LogP contribution in [0.5, 0.6) is 11.5 Å². The van der Waals surface area contributed by atoms with E-state index in [1.807, 2.05) is 12.1 Å². The number of rotatable bonds is 20. The fraction of sp³-hybridized carbons (Fsp3) is 0.480. The number of hydrogen-bond acceptors (Lipinski definition) is 4. The molecule has 0 unspecified atom stereocenters. The van der Waals surface area contributed by atoms with E-state index >= 15 is 0 Å². The van der Waals surface area contributed by atoms with Crippen molar-refractivity contribution in [3.63, 3.8) is 0 Å². The predicted octanol–water partition coefficient (Wildman–Crippen LogP) is 13.5. The number of esters is 2. The molecule has 0 radical (unpaired) electrons. The van der Waals surface area contributed by atoms with Crippen LogP contribution in [-0.2, 0) is 35.3 Å². The molecule has 0 aromatic heterocycles. The SMILES string of the molecule is CCCCCCc1ccc(OC(=O)C2CCC(C(=O)Oc3ccc(CCCCCC)cc3-c3ccc(CCC)cc3)CC2)c(-c2ccc(CCC)cc2)c1. The van der Waals surface area contributed by atoms with Gasteiger partial charge in [0.2, 0.25) is 0 Å². The molecular weight excluding hydrogens is 665 g/mol. The van der Waals surface area contributed by atoms with Gasteiger partial charge in [0.15, 0.2) is 0 Å². The van der Waals surface area contributed by atoms with Gasteiger partial charge < -0.3 is 9.47 Å². The minimum absolute atomic E-state index is 0.204. The van der Waals surface area contributed by atoms with Crippen LogP contribution in [-0.4, -0.2) is 11.9 Å². The summed E-state index contributed by atoms with van der Waals surface area (Å²) in [6.07, 6.45) is 18.5. The average Bonchev–Trinajstić information content (AvgIpc) is 3.20. The van der Waals surface area contributed by atoms with Crippen molar-refractivity contribution in [2.24, 2.45) is 11.8 Å². The molecule has 0 amide bonds. The smallest absolute Gasteiger partial charge is 0.314 e. The van der Waals surface area contributed by atoms with Crippen LogP contribution in [0.3, 0.4) is 0 Å². The number of ether oxygens (including phenoxy) is 2. The van der Waals surface area contributed by atoms with E-state index in [-0.39, 0.29) is 23.8 Å². The lowest BCUT2D eigenvalue weighted by molar-refractivity contribution is -0.145. The van der Waals surface area contributed by atoms with Gasteiger partial charge in [-0.05, 0) is 122 Å². The largest absolute Gasteiger partial charge is 0.426 e. The first-order valence-corrected chi connectivity index (χ1v) is 21.3. The first-order valence-electron chi connectivity index (χ1n) is 21.3. The molecule has 1 aliphatic rings. The third kappa shape index (κ3) is 11.9. The monoisotopic (exact) mass is 728 g/mol. The highest BCUT2D eigenvalue weighted by Crippen LogP contribution is 2.37. The zero-order valence-corrected chi connectivity index (χ0v) is 33.6. The van der Waals surface area contributed by atoms with Crippen LogP contribution in [0, 0.1) is 11.8 Å². The Morgan fingerprint density at radius 3 is 1.17 bits per heavy atom. The normalized spacial score (nSPS) is 15.6. The summed E-state index contributed by atoms with van der Waals surface area (Å²) >= 11 is 0. The first-order chi connectivity index (χ1) is 26.4. The quantitative estimate of drug-likeness (QED) is 0.0516. The summed E-state index contributed by atoms with van der Waals surface area (Å²) in [5.41, 5.74) is 9.27. The predicted molar refractivity (Wildman–Crippen MR) is 224 cm³/mol. The van der Waals surface area contributed by atoms with E-state index in [0.717, 1.165) is 73.6 Å². The number of carbonyl (C=O) groups is 2. The molecule has 4 heteroatoms. The molecule has 1 saturated carbocycles. The molecule has 288 valence electrons. The van der Waals surface area contributed by atoms with Crippen molar-refractivity contribution in [1.29, 1.82) is 0 Å². The van der Waals surface area contributed by atoms with Crippen LogP contribution in [0.2, 0.25) is 0 Å². The van der Waals surface area contributed by atoms with E-state index in [2.05, 4.69) is 100 Å². The molecule has 0 N–H and O–H groups in total. The van der Waals surface area contributed by atoms with Crippen LogP contribution in [0.4, 0.5) is 0 Å². The Labute approximate surface area is 326 Å². The maximum atomic E-state index is 13.7. The molecule has 0 bridgehead atoms. The molecule has 0 heterocycles. The van der Waals surface area contributed by atoms with Gasteiger partial charge in [0, 0.05) is 11.1 Å². The summed E-state index contributed by atoms with van der Waals surface area (Å²) in [4.78, 5) is 27.3. The first kappa shape index (κ1) is 41.0. The van der Waals surface area contributed by atoms with Gasteiger partial charge in [0.25, 0.3) is 0 Å². The van der Waals surface area contributed by atoms with Crippen LogP contribution < -0.4 is 9.47 Å². The fourth-order valence-corrected chi connectivity index (χ4v) is 7.83. The molecule has 1 fully saturated rings. The number of aryl methyl sites for hydroxylation is 4. The Kier molecular flexibility index (Phi) is 16.4. The van der Waals surface area contributed by atoms with E-state index in [1.54, 1.807) is 0 Å².